The predicted molar refractivity (Wildman–Crippen MR) is 74.8 cm³/mol. The third kappa shape index (κ3) is 2.82. The Labute approximate surface area is 119 Å². The fraction of sp³-hybridized carbons (Fsp3) is 0.667. The molecule has 3 rings (SSSR count). The lowest BCUT2D eigenvalue weighted by Gasteiger charge is -2.30. The van der Waals surface area contributed by atoms with E-state index in [1.165, 1.54) is 6.42 Å². The molecule has 2 aliphatic rings. The molecule has 1 fully saturated rings. The summed E-state index contributed by atoms with van der Waals surface area (Å²) in [4.78, 5) is 20.9. The minimum Gasteiger partial charge on any atom is -0.370 e. The van der Waals surface area contributed by atoms with Crippen molar-refractivity contribution in [3.63, 3.8) is 0 Å². The first-order valence-electron chi connectivity index (χ1n) is 7.35. The van der Waals surface area contributed by atoms with Crippen molar-refractivity contribution in [1.82, 2.24) is 9.97 Å². The third-order valence-electron chi connectivity index (χ3n) is 4.23. The van der Waals surface area contributed by atoms with E-state index in [0.717, 1.165) is 24.1 Å². The van der Waals surface area contributed by atoms with E-state index >= 15 is 0 Å². The highest BCUT2D eigenvalue weighted by atomic mass is 16.5. The van der Waals surface area contributed by atoms with Crippen LogP contribution in [0.2, 0.25) is 0 Å². The zero-order valence-electron chi connectivity index (χ0n) is 12.1. The van der Waals surface area contributed by atoms with Crippen molar-refractivity contribution in [1.29, 1.82) is 0 Å². The number of fused-ring (bicyclic) bond motifs is 1. The normalized spacial score (nSPS) is 29.0. The molecular formula is C15H21N3O2. The summed E-state index contributed by atoms with van der Waals surface area (Å²) >= 11 is 0. The molecule has 0 spiro atoms. The van der Waals surface area contributed by atoms with Gasteiger partial charge in [-0.1, -0.05) is 13.8 Å². The number of ether oxygens (including phenoxy) is 1. The Kier molecular flexibility index (Phi) is 3.70. The molecule has 108 valence electrons. The van der Waals surface area contributed by atoms with Gasteiger partial charge in [0.05, 0.1) is 18.9 Å². The lowest BCUT2D eigenvalue weighted by molar-refractivity contribution is -0.121. The van der Waals surface area contributed by atoms with E-state index in [9.17, 15) is 4.79 Å². The Morgan fingerprint density at radius 3 is 2.75 bits per heavy atom. The molecule has 0 radical (unpaired) electrons. The molecule has 2 atom stereocenters. The van der Waals surface area contributed by atoms with Crippen molar-refractivity contribution < 1.29 is 9.53 Å². The fourth-order valence-corrected chi connectivity index (χ4v) is 3.38. The van der Waals surface area contributed by atoms with Gasteiger partial charge in [-0.3, -0.25) is 10.1 Å². The second kappa shape index (κ2) is 5.48. The number of amides is 1. The van der Waals surface area contributed by atoms with Gasteiger partial charge in [-0.25, -0.2) is 9.97 Å². The third-order valence-corrected chi connectivity index (χ3v) is 4.23. The lowest BCUT2D eigenvalue weighted by atomic mass is 9.76. The highest BCUT2D eigenvalue weighted by Gasteiger charge is 2.29. The smallest absolute Gasteiger partial charge is 0.229 e. The topological polar surface area (TPSA) is 64.1 Å². The maximum Gasteiger partial charge on any atom is 0.229 e. The number of nitrogens with one attached hydrogen (secondary N) is 1. The molecule has 1 amide bonds. The first-order chi connectivity index (χ1) is 9.61. The molecule has 1 aromatic rings. The lowest BCUT2D eigenvalue weighted by Crippen LogP contribution is -2.31. The molecule has 1 aliphatic carbocycles. The maximum absolute atomic E-state index is 12.3. The Bertz CT molecular complexity index is 508. The van der Waals surface area contributed by atoms with Gasteiger partial charge in [0.2, 0.25) is 11.9 Å². The van der Waals surface area contributed by atoms with E-state index in [0.29, 0.717) is 31.0 Å². The van der Waals surface area contributed by atoms with Gasteiger partial charge in [-0.2, -0.15) is 0 Å². The van der Waals surface area contributed by atoms with Crippen LogP contribution in [0.5, 0.6) is 0 Å². The van der Waals surface area contributed by atoms with Gasteiger partial charge in [0.25, 0.3) is 0 Å². The highest BCUT2D eigenvalue weighted by Crippen LogP contribution is 2.33. The zero-order chi connectivity index (χ0) is 14.1. The minimum absolute atomic E-state index is 0.0577. The van der Waals surface area contributed by atoms with Crippen LogP contribution in [0.15, 0.2) is 6.20 Å². The van der Waals surface area contributed by atoms with Crippen LogP contribution >= 0.6 is 0 Å². The van der Waals surface area contributed by atoms with E-state index in [4.69, 9.17) is 4.74 Å². The van der Waals surface area contributed by atoms with Crippen LogP contribution in [-0.2, 0) is 22.7 Å². The van der Waals surface area contributed by atoms with Crippen LogP contribution in [0.4, 0.5) is 5.95 Å². The first kappa shape index (κ1) is 13.5. The van der Waals surface area contributed by atoms with Crippen LogP contribution in [-0.4, -0.2) is 15.9 Å². The number of hydrogen-bond acceptors (Lipinski definition) is 4. The van der Waals surface area contributed by atoms with E-state index in [-0.39, 0.29) is 11.8 Å². The summed E-state index contributed by atoms with van der Waals surface area (Å²) in [5.41, 5.74) is 1.91. The molecule has 1 saturated carbocycles. The zero-order valence-corrected chi connectivity index (χ0v) is 12.1. The van der Waals surface area contributed by atoms with Crippen LogP contribution in [0.25, 0.3) is 0 Å². The van der Waals surface area contributed by atoms with E-state index in [1.807, 2.05) is 0 Å². The maximum atomic E-state index is 12.3. The monoisotopic (exact) mass is 275 g/mol. The van der Waals surface area contributed by atoms with Crippen LogP contribution in [0.1, 0.15) is 44.4 Å². The van der Waals surface area contributed by atoms with Crippen molar-refractivity contribution in [3.8, 4) is 0 Å². The predicted octanol–water partition coefficient (Wildman–Crippen LogP) is 2.52. The Balaban J connectivity index is 1.66. The molecule has 0 bridgehead atoms. The molecule has 2 heterocycles. The van der Waals surface area contributed by atoms with Crippen molar-refractivity contribution >= 4 is 11.9 Å². The van der Waals surface area contributed by atoms with Crippen LogP contribution < -0.4 is 5.32 Å². The summed E-state index contributed by atoms with van der Waals surface area (Å²) in [7, 11) is 0. The number of carbonyl (C=O) groups excluding carboxylic acids is 1. The largest absolute Gasteiger partial charge is 0.370 e. The molecule has 5 heteroatoms. The number of aromatic nitrogens is 2. The van der Waals surface area contributed by atoms with Crippen LogP contribution in [0, 0.1) is 17.8 Å². The molecular weight excluding hydrogens is 254 g/mol. The molecule has 2 unspecified atom stereocenters. The molecule has 0 aromatic carbocycles. The molecule has 1 N–H and O–H groups in total. The fourth-order valence-electron chi connectivity index (χ4n) is 3.38. The second-order valence-corrected chi connectivity index (χ2v) is 6.26. The summed E-state index contributed by atoms with van der Waals surface area (Å²) in [6.45, 7) is 5.53. The van der Waals surface area contributed by atoms with Crippen molar-refractivity contribution in [2.45, 2.75) is 46.3 Å². The molecule has 5 nitrogen and oxygen atoms in total. The quantitative estimate of drug-likeness (QED) is 0.900. The van der Waals surface area contributed by atoms with Gasteiger partial charge in [0, 0.05) is 17.7 Å². The Morgan fingerprint density at radius 1 is 1.25 bits per heavy atom. The SMILES string of the molecule is CC1CC(C)CC(C(=O)Nc2ncc3c(n2)COC3)C1. The summed E-state index contributed by atoms with van der Waals surface area (Å²) in [6, 6.07) is 0. The number of nitrogens with zero attached hydrogens (tertiary/aromatic N) is 2. The summed E-state index contributed by atoms with van der Waals surface area (Å²) in [5, 5.41) is 2.87. The van der Waals surface area contributed by atoms with Gasteiger partial charge < -0.3 is 4.74 Å². The molecule has 0 saturated heterocycles. The number of anilines is 1. The molecule has 20 heavy (non-hydrogen) atoms. The minimum atomic E-state index is 0.0577. The van der Waals surface area contributed by atoms with Gasteiger partial charge in [0.1, 0.15) is 0 Å². The highest BCUT2D eigenvalue weighted by molar-refractivity contribution is 5.91. The Morgan fingerprint density at radius 2 is 2.00 bits per heavy atom. The first-order valence-corrected chi connectivity index (χ1v) is 7.35. The van der Waals surface area contributed by atoms with Gasteiger partial charge in [0.15, 0.2) is 0 Å². The van der Waals surface area contributed by atoms with E-state index in [2.05, 4.69) is 29.1 Å². The average Bonchev–Trinajstić information content (AvgIpc) is 2.85. The van der Waals surface area contributed by atoms with E-state index < -0.39 is 0 Å². The van der Waals surface area contributed by atoms with Gasteiger partial charge in [-0.05, 0) is 31.1 Å². The van der Waals surface area contributed by atoms with Gasteiger partial charge in [-0.15, -0.1) is 0 Å². The van der Waals surface area contributed by atoms with Crippen molar-refractivity contribution in [2.75, 3.05) is 5.32 Å². The second-order valence-electron chi connectivity index (χ2n) is 6.26. The summed E-state index contributed by atoms with van der Waals surface area (Å²) in [6.07, 6.45) is 4.89. The number of hydrogen-bond donors (Lipinski definition) is 1. The average molecular weight is 275 g/mol. The van der Waals surface area contributed by atoms with Crippen LogP contribution in [0.3, 0.4) is 0 Å². The number of rotatable bonds is 2. The summed E-state index contributed by atoms with van der Waals surface area (Å²) < 4.78 is 5.30. The Hall–Kier alpha value is -1.49. The van der Waals surface area contributed by atoms with Gasteiger partial charge >= 0.3 is 0 Å². The molecule has 1 aliphatic heterocycles. The van der Waals surface area contributed by atoms with E-state index in [1.54, 1.807) is 6.20 Å². The molecule has 1 aromatic heterocycles. The van der Waals surface area contributed by atoms with Crippen molar-refractivity contribution in [3.05, 3.63) is 17.5 Å². The van der Waals surface area contributed by atoms with Crippen molar-refractivity contribution in [2.24, 2.45) is 17.8 Å². The number of carbonyl (C=O) groups is 1. The summed E-state index contributed by atoms with van der Waals surface area (Å²) in [5.74, 6) is 1.78. The standard InChI is InChI=1S/C15H21N3O2/c1-9-3-10(2)5-11(4-9)14(19)18-15-16-6-12-7-20-8-13(12)17-15/h6,9-11H,3-5,7-8H2,1-2H3,(H,16,17,18,19).